The van der Waals surface area contributed by atoms with Gasteiger partial charge >= 0.3 is 6.03 Å². The zero-order valence-corrected chi connectivity index (χ0v) is 13.9. The maximum atomic E-state index is 12.1. The molecule has 0 spiro atoms. The van der Waals surface area contributed by atoms with Crippen LogP contribution in [-0.2, 0) is 0 Å². The summed E-state index contributed by atoms with van der Waals surface area (Å²) in [4.78, 5) is 26.6. The van der Waals surface area contributed by atoms with E-state index in [0.717, 1.165) is 36.9 Å². The topological polar surface area (TPSA) is 52.6 Å². The van der Waals surface area contributed by atoms with E-state index in [1.165, 1.54) is 0 Å². The monoisotopic (exact) mass is 309 g/mol. The number of aromatic nitrogens is 2. The number of piperidine rings is 1. The molecule has 1 aromatic heterocycles. The van der Waals surface area contributed by atoms with E-state index in [0.29, 0.717) is 0 Å². The number of urea groups is 1. The zero-order chi connectivity index (χ0) is 15.4. The van der Waals surface area contributed by atoms with Gasteiger partial charge in [-0.25, -0.2) is 14.8 Å². The first-order valence-electron chi connectivity index (χ1n) is 7.09. The molecule has 1 aliphatic heterocycles. The third kappa shape index (κ3) is 3.78. The molecular formula is C14H23N5OS. The Balaban J connectivity index is 2.08. The maximum Gasteiger partial charge on any atom is 0.319 e. The van der Waals surface area contributed by atoms with Gasteiger partial charge in [-0.15, -0.1) is 0 Å². The Morgan fingerprint density at radius 2 is 2.19 bits per heavy atom. The van der Waals surface area contributed by atoms with Crippen LogP contribution in [0.15, 0.2) is 17.4 Å². The molecule has 1 aliphatic rings. The van der Waals surface area contributed by atoms with E-state index < -0.39 is 0 Å². The van der Waals surface area contributed by atoms with Crippen LogP contribution in [0.25, 0.3) is 0 Å². The summed E-state index contributed by atoms with van der Waals surface area (Å²) in [5, 5.41) is 0.785. The summed E-state index contributed by atoms with van der Waals surface area (Å²) in [5.74, 6) is 0.949. The zero-order valence-electron chi connectivity index (χ0n) is 13.1. The van der Waals surface area contributed by atoms with Crippen molar-refractivity contribution in [2.75, 3.05) is 45.4 Å². The van der Waals surface area contributed by atoms with E-state index in [4.69, 9.17) is 0 Å². The summed E-state index contributed by atoms with van der Waals surface area (Å²) in [6.07, 6.45) is 5.87. The van der Waals surface area contributed by atoms with E-state index in [9.17, 15) is 4.79 Å². The van der Waals surface area contributed by atoms with Crippen molar-refractivity contribution in [1.29, 1.82) is 0 Å². The number of carbonyl (C=O) groups is 1. The standard InChI is InChI=1S/C14H23N5OS/c1-17(2)14(20)18(3)11-6-5-9-19(10-11)12-7-8-15-13(16-12)21-4/h7-8,11H,5-6,9-10H2,1-4H3. The van der Waals surface area contributed by atoms with Gasteiger partial charge < -0.3 is 14.7 Å². The highest BCUT2D eigenvalue weighted by Crippen LogP contribution is 2.22. The Hall–Kier alpha value is -1.50. The van der Waals surface area contributed by atoms with Crippen molar-refractivity contribution in [3.63, 3.8) is 0 Å². The van der Waals surface area contributed by atoms with Crippen molar-refractivity contribution in [3.05, 3.63) is 12.3 Å². The number of rotatable bonds is 3. The second kappa shape index (κ2) is 6.98. The van der Waals surface area contributed by atoms with Crippen molar-refractivity contribution in [2.24, 2.45) is 0 Å². The minimum absolute atomic E-state index is 0.0503. The van der Waals surface area contributed by atoms with E-state index >= 15 is 0 Å². The van der Waals surface area contributed by atoms with Gasteiger partial charge in [0, 0.05) is 40.4 Å². The number of hydrogen-bond donors (Lipinski definition) is 0. The Bertz CT molecular complexity index is 496. The lowest BCUT2D eigenvalue weighted by molar-refractivity contribution is 0.157. The third-order valence-electron chi connectivity index (χ3n) is 3.75. The van der Waals surface area contributed by atoms with Gasteiger partial charge in [0.1, 0.15) is 5.82 Å². The van der Waals surface area contributed by atoms with E-state index in [1.54, 1.807) is 37.0 Å². The SMILES string of the molecule is CSc1nccc(N2CCCC(N(C)C(=O)N(C)C)C2)n1. The molecule has 1 saturated heterocycles. The van der Waals surface area contributed by atoms with E-state index in [1.807, 2.05) is 24.3 Å². The van der Waals surface area contributed by atoms with Crippen molar-refractivity contribution >= 4 is 23.6 Å². The predicted molar refractivity (Wildman–Crippen MR) is 85.9 cm³/mol. The van der Waals surface area contributed by atoms with E-state index in [-0.39, 0.29) is 12.1 Å². The van der Waals surface area contributed by atoms with Crippen LogP contribution < -0.4 is 4.90 Å². The molecule has 0 radical (unpaired) electrons. The molecule has 2 heterocycles. The Morgan fingerprint density at radius 1 is 1.43 bits per heavy atom. The fraction of sp³-hybridized carbons (Fsp3) is 0.643. The molecule has 0 aliphatic carbocycles. The largest absolute Gasteiger partial charge is 0.354 e. The lowest BCUT2D eigenvalue weighted by atomic mass is 10.0. The van der Waals surface area contributed by atoms with Crippen LogP contribution in [0.4, 0.5) is 10.6 Å². The summed E-state index contributed by atoms with van der Waals surface area (Å²) >= 11 is 1.54. The maximum absolute atomic E-state index is 12.1. The predicted octanol–water partition coefficient (Wildman–Crippen LogP) is 1.78. The Labute approximate surface area is 130 Å². The van der Waals surface area contributed by atoms with Crippen molar-refractivity contribution in [1.82, 2.24) is 19.8 Å². The minimum Gasteiger partial charge on any atom is -0.354 e. The lowest BCUT2D eigenvalue weighted by Gasteiger charge is -2.39. The number of carbonyl (C=O) groups excluding carboxylic acids is 1. The number of thioether (sulfide) groups is 1. The van der Waals surface area contributed by atoms with Gasteiger partial charge in [-0.3, -0.25) is 0 Å². The average molecular weight is 309 g/mol. The molecule has 2 amide bonds. The molecule has 7 heteroatoms. The van der Waals surface area contributed by atoms with Crippen LogP contribution >= 0.6 is 11.8 Å². The third-order valence-corrected chi connectivity index (χ3v) is 4.32. The number of nitrogens with zero attached hydrogens (tertiary/aromatic N) is 5. The van der Waals surface area contributed by atoms with Crippen LogP contribution in [0.1, 0.15) is 12.8 Å². The summed E-state index contributed by atoms with van der Waals surface area (Å²) in [5.41, 5.74) is 0. The molecular weight excluding hydrogens is 286 g/mol. The summed E-state index contributed by atoms with van der Waals surface area (Å²) < 4.78 is 0. The molecule has 2 rings (SSSR count). The first kappa shape index (κ1) is 15.9. The molecule has 0 bridgehead atoms. The molecule has 116 valence electrons. The fourth-order valence-corrected chi connectivity index (χ4v) is 2.91. The highest BCUT2D eigenvalue weighted by molar-refractivity contribution is 7.98. The van der Waals surface area contributed by atoms with E-state index in [2.05, 4.69) is 14.9 Å². The first-order chi connectivity index (χ1) is 10.0. The van der Waals surface area contributed by atoms with Crippen molar-refractivity contribution < 1.29 is 4.79 Å². The quantitative estimate of drug-likeness (QED) is 0.629. The Morgan fingerprint density at radius 3 is 2.86 bits per heavy atom. The molecule has 0 aromatic carbocycles. The van der Waals surface area contributed by atoms with Gasteiger partial charge in [-0.1, -0.05) is 11.8 Å². The highest BCUT2D eigenvalue weighted by atomic mass is 32.2. The number of hydrogen-bond acceptors (Lipinski definition) is 5. The van der Waals surface area contributed by atoms with Crippen molar-refractivity contribution in [3.8, 4) is 0 Å². The van der Waals surface area contributed by atoms with Gasteiger partial charge in [0.25, 0.3) is 0 Å². The van der Waals surface area contributed by atoms with Gasteiger partial charge in [0.05, 0.1) is 6.04 Å². The first-order valence-corrected chi connectivity index (χ1v) is 8.31. The average Bonchev–Trinajstić information content (AvgIpc) is 2.53. The molecule has 0 N–H and O–H groups in total. The molecule has 1 unspecified atom stereocenters. The lowest BCUT2D eigenvalue weighted by Crippen LogP contribution is -2.51. The van der Waals surface area contributed by atoms with Crippen molar-refractivity contribution in [2.45, 2.75) is 24.0 Å². The van der Waals surface area contributed by atoms with Gasteiger partial charge in [0.15, 0.2) is 5.16 Å². The second-order valence-electron chi connectivity index (χ2n) is 5.43. The number of amides is 2. The van der Waals surface area contributed by atoms with Gasteiger partial charge in [-0.2, -0.15) is 0 Å². The summed E-state index contributed by atoms with van der Waals surface area (Å²) in [6, 6.07) is 2.21. The fourth-order valence-electron chi connectivity index (χ4n) is 2.56. The molecule has 0 saturated carbocycles. The van der Waals surface area contributed by atoms with Crippen LogP contribution in [0.3, 0.4) is 0 Å². The van der Waals surface area contributed by atoms with Gasteiger partial charge in [0.2, 0.25) is 0 Å². The van der Waals surface area contributed by atoms with Crippen LogP contribution in [0, 0.1) is 0 Å². The molecule has 1 fully saturated rings. The van der Waals surface area contributed by atoms with Crippen LogP contribution in [0.2, 0.25) is 0 Å². The highest BCUT2D eigenvalue weighted by Gasteiger charge is 2.27. The number of likely N-dealkylation sites (N-methyl/N-ethyl adjacent to an activating group) is 1. The molecule has 6 nitrogen and oxygen atoms in total. The smallest absolute Gasteiger partial charge is 0.319 e. The number of anilines is 1. The summed E-state index contributed by atoms with van der Waals surface area (Å²) in [6.45, 7) is 1.80. The molecule has 1 atom stereocenters. The Kier molecular flexibility index (Phi) is 5.27. The second-order valence-corrected chi connectivity index (χ2v) is 6.20. The molecule has 1 aromatic rings. The summed E-state index contributed by atoms with van der Waals surface area (Å²) in [7, 11) is 5.45. The minimum atomic E-state index is 0.0503. The normalized spacial score (nSPS) is 18.5. The van der Waals surface area contributed by atoms with Gasteiger partial charge in [-0.05, 0) is 25.2 Å². The molecule has 21 heavy (non-hydrogen) atoms. The van der Waals surface area contributed by atoms with Crippen LogP contribution in [-0.4, -0.2) is 72.3 Å². The van der Waals surface area contributed by atoms with Crippen LogP contribution in [0.5, 0.6) is 0 Å².